The Balaban J connectivity index is 1.21. The van der Waals surface area contributed by atoms with Crippen LogP contribution in [0.2, 0.25) is 0 Å². The molecule has 5 rings (SSSR count). The minimum Gasteiger partial charge on any atom is -0.419 e. The van der Waals surface area contributed by atoms with Crippen LogP contribution in [0.5, 0.6) is 0 Å². The number of rotatable bonds is 4. The molecule has 4 nitrogen and oxygen atoms in total. The van der Waals surface area contributed by atoms with Crippen LogP contribution in [0, 0.1) is 35.5 Å². The van der Waals surface area contributed by atoms with E-state index in [1.54, 1.807) is 0 Å². The van der Waals surface area contributed by atoms with Crippen LogP contribution in [0.4, 0.5) is 4.79 Å². The third-order valence-electron chi connectivity index (χ3n) is 8.68. The van der Waals surface area contributed by atoms with Crippen molar-refractivity contribution in [2.45, 2.75) is 96.5 Å². The maximum Gasteiger partial charge on any atom is 0.412 e. The van der Waals surface area contributed by atoms with Gasteiger partial charge in [-0.05, 0) is 74.5 Å². The number of ether oxygens (including phenoxy) is 2. The van der Waals surface area contributed by atoms with Crippen molar-refractivity contribution in [3.05, 3.63) is 0 Å². The Morgan fingerprint density at radius 2 is 1.70 bits per heavy atom. The average molecular weight is 376 g/mol. The minimum atomic E-state index is -0.385. The van der Waals surface area contributed by atoms with E-state index < -0.39 is 0 Å². The summed E-state index contributed by atoms with van der Waals surface area (Å²) >= 11 is 0. The average Bonchev–Trinajstić information content (AvgIpc) is 3.41. The Morgan fingerprint density at radius 3 is 2.56 bits per heavy atom. The van der Waals surface area contributed by atoms with Gasteiger partial charge in [0.1, 0.15) is 0 Å². The normalized spacial score (nSPS) is 43.8. The van der Waals surface area contributed by atoms with Crippen molar-refractivity contribution in [2.75, 3.05) is 6.54 Å². The van der Waals surface area contributed by atoms with Gasteiger partial charge in [-0.15, -0.1) is 0 Å². The van der Waals surface area contributed by atoms with Crippen LogP contribution in [0.25, 0.3) is 0 Å². The van der Waals surface area contributed by atoms with Crippen LogP contribution in [0.15, 0.2) is 0 Å². The molecule has 27 heavy (non-hydrogen) atoms. The molecule has 5 aliphatic rings. The molecular weight excluding hydrogens is 338 g/mol. The van der Waals surface area contributed by atoms with Crippen LogP contribution in [-0.4, -0.2) is 36.0 Å². The van der Waals surface area contributed by atoms with Crippen LogP contribution in [-0.2, 0) is 9.47 Å². The number of fused-ring (bicyclic) bond motifs is 6. The third kappa shape index (κ3) is 3.20. The Morgan fingerprint density at radius 1 is 0.889 bits per heavy atom. The molecule has 0 aromatic carbocycles. The van der Waals surface area contributed by atoms with Gasteiger partial charge in [0.2, 0.25) is 6.29 Å². The number of hydrogen-bond donors (Lipinski definition) is 0. The van der Waals surface area contributed by atoms with E-state index in [1.807, 2.05) is 4.90 Å². The van der Waals surface area contributed by atoms with Crippen molar-refractivity contribution in [2.24, 2.45) is 35.5 Å². The molecule has 0 spiro atoms. The topological polar surface area (TPSA) is 38.8 Å². The molecule has 4 aliphatic carbocycles. The summed E-state index contributed by atoms with van der Waals surface area (Å²) in [7, 11) is 0. The second kappa shape index (κ2) is 7.24. The minimum absolute atomic E-state index is 0.120. The van der Waals surface area contributed by atoms with Crippen molar-refractivity contribution in [1.82, 2.24) is 4.90 Å². The summed E-state index contributed by atoms with van der Waals surface area (Å²) in [5, 5.41) is 0. The number of carbonyl (C=O) groups is 1. The maximum atomic E-state index is 13.0. The van der Waals surface area contributed by atoms with Crippen molar-refractivity contribution in [1.29, 1.82) is 0 Å². The number of hydrogen-bond acceptors (Lipinski definition) is 3. The highest BCUT2D eigenvalue weighted by molar-refractivity contribution is 5.68. The summed E-state index contributed by atoms with van der Waals surface area (Å²) in [5.41, 5.74) is 0. The van der Waals surface area contributed by atoms with Crippen LogP contribution >= 0.6 is 0 Å². The first kappa shape index (κ1) is 18.3. The Labute approximate surface area is 164 Å². The van der Waals surface area contributed by atoms with E-state index in [0.717, 1.165) is 43.1 Å². The van der Waals surface area contributed by atoms with E-state index in [4.69, 9.17) is 9.47 Å². The van der Waals surface area contributed by atoms with Gasteiger partial charge in [-0.3, -0.25) is 0 Å². The molecule has 8 atom stereocenters. The predicted molar refractivity (Wildman–Crippen MR) is 104 cm³/mol. The molecule has 1 amide bonds. The zero-order valence-corrected chi connectivity index (χ0v) is 17.1. The van der Waals surface area contributed by atoms with E-state index in [0.29, 0.717) is 18.1 Å². The number of likely N-dealkylation sites (tertiary alicyclic amines) is 1. The molecule has 1 saturated heterocycles. The Hall–Kier alpha value is -0.770. The third-order valence-corrected chi connectivity index (χ3v) is 8.68. The van der Waals surface area contributed by atoms with Gasteiger partial charge in [0.15, 0.2) is 0 Å². The van der Waals surface area contributed by atoms with Gasteiger partial charge < -0.3 is 14.4 Å². The first-order valence-electron chi connectivity index (χ1n) is 11.7. The van der Waals surface area contributed by atoms with E-state index in [1.165, 1.54) is 51.4 Å². The fraction of sp³-hybridized carbons (Fsp3) is 0.957. The second-order valence-electron chi connectivity index (χ2n) is 10.4. The molecule has 0 aromatic rings. The van der Waals surface area contributed by atoms with E-state index >= 15 is 0 Å². The molecule has 4 saturated carbocycles. The maximum absolute atomic E-state index is 13.0. The van der Waals surface area contributed by atoms with Gasteiger partial charge >= 0.3 is 6.09 Å². The zero-order chi connectivity index (χ0) is 18.5. The summed E-state index contributed by atoms with van der Waals surface area (Å²) in [6.45, 7) is 5.12. The summed E-state index contributed by atoms with van der Waals surface area (Å²) in [6, 6.07) is 0.417. The van der Waals surface area contributed by atoms with E-state index in [-0.39, 0.29) is 18.3 Å². The molecule has 4 heteroatoms. The molecule has 1 heterocycles. The second-order valence-corrected chi connectivity index (χ2v) is 10.4. The summed E-state index contributed by atoms with van der Waals surface area (Å²) in [5.74, 6) is 4.36. The van der Waals surface area contributed by atoms with Crippen LogP contribution in [0.1, 0.15) is 78.1 Å². The molecule has 0 aromatic heterocycles. The van der Waals surface area contributed by atoms with Gasteiger partial charge in [-0.25, -0.2) is 4.79 Å². The van der Waals surface area contributed by atoms with Crippen LogP contribution in [0.3, 0.4) is 0 Å². The lowest BCUT2D eigenvalue weighted by atomic mass is 9.80. The highest BCUT2D eigenvalue weighted by atomic mass is 16.7. The molecule has 152 valence electrons. The van der Waals surface area contributed by atoms with Gasteiger partial charge in [0.25, 0.3) is 0 Å². The van der Waals surface area contributed by atoms with Crippen molar-refractivity contribution >= 4 is 6.09 Å². The highest BCUT2D eigenvalue weighted by Gasteiger charge is 2.55. The lowest BCUT2D eigenvalue weighted by Crippen LogP contribution is -2.43. The van der Waals surface area contributed by atoms with E-state index in [2.05, 4.69) is 13.8 Å². The lowest BCUT2D eigenvalue weighted by Gasteiger charge is -2.36. The summed E-state index contributed by atoms with van der Waals surface area (Å²) in [6.07, 6.45) is 12.8. The summed E-state index contributed by atoms with van der Waals surface area (Å²) in [4.78, 5) is 15.0. The van der Waals surface area contributed by atoms with Crippen molar-refractivity contribution in [3.63, 3.8) is 0 Å². The quantitative estimate of drug-likeness (QED) is 0.633. The molecule has 0 N–H and O–H groups in total. The number of nitrogens with zero attached hydrogens (tertiary/aromatic N) is 1. The highest BCUT2D eigenvalue weighted by Crippen LogP contribution is 2.59. The molecule has 5 fully saturated rings. The SMILES string of the molecule is CC(C)C(OC(=O)N1CCC2CCCCC21)OC1CC2CC1C1CCCC21. The molecule has 1 aliphatic heterocycles. The molecule has 2 bridgehead atoms. The predicted octanol–water partition coefficient (Wildman–Crippen LogP) is 5.21. The standard InChI is InChI=1S/C23H37NO3/c1-14(2)22(26-21-13-16-12-19(21)18-8-5-7-17(16)18)27-23(25)24-11-10-15-6-3-4-9-20(15)24/h14-22H,3-13H2,1-2H3. The van der Waals surface area contributed by atoms with Crippen molar-refractivity contribution in [3.8, 4) is 0 Å². The summed E-state index contributed by atoms with van der Waals surface area (Å²) < 4.78 is 12.5. The van der Waals surface area contributed by atoms with Crippen LogP contribution < -0.4 is 0 Å². The smallest absolute Gasteiger partial charge is 0.412 e. The van der Waals surface area contributed by atoms with Gasteiger partial charge in [0, 0.05) is 18.5 Å². The van der Waals surface area contributed by atoms with Gasteiger partial charge in [0.05, 0.1) is 6.10 Å². The van der Waals surface area contributed by atoms with Gasteiger partial charge in [-0.2, -0.15) is 0 Å². The monoisotopic (exact) mass is 375 g/mol. The van der Waals surface area contributed by atoms with Crippen molar-refractivity contribution < 1.29 is 14.3 Å². The first-order chi connectivity index (χ1) is 13.1. The zero-order valence-electron chi connectivity index (χ0n) is 17.1. The molecule has 8 unspecified atom stereocenters. The molecular formula is C23H37NO3. The fourth-order valence-electron chi connectivity index (χ4n) is 7.45. The number of carbonyl (C=O) groups excluding carboxylic acids is 1. The first-order valence-corrected chi connectivity index (χ1v) is 11.7. The Kier molecular flexibility index (Phi) is 4.90. The molecule has 0 radical (unpaired) electrons. The Bertz CT molecular complexity index is 564. The van der Waals surface area contributed by atoms with E-state index in [9.17, 15) is 4.79 Å². The number of amides is 1. The fourth-order valence-corrected chi connectivity index (χ4v) is 7.45. The lowest BCUT2D eigenvalue weighted by molar-refractivity contribution is -0.182. The largest absolute Gasteiger partial charge is 0.419 e. The van der Waals surface area contributed by atoms with Gasteiger partial charge in [-0.1, -0.05) is 33.1 Å².